The number of carbonyl (C=O) groups excluding carboxylic acids is 2. The average Bonchev–Trinajstić information content (AvgIpc) is 2.79. The molecule has 0 aromatic heterocycles. The number of carbonyl (C=O) groups is 2. The van der Waals surface area contributed by atoms with Gasteiger partial charge >= 0.3 is 0 Å². The second kappa shape index (κ2) is 11.7. The molecule has 10 nitrogen and oxygen atoms in total. The van der Waals surface area contributed by atoms with Gasteiger partial charge in [-0.05, 0) is 43.5 Å². The van der Waals surface area contributed by atoms with Crippen LogP contribution in [0.3, 0.4) is 0 Å². The minimum Gasteiger partial charge on any atom is -0.354 e. The standard InChI is InChI=1S/C23H29FN4O6S/c1-5-12-25-23(30)17(3)26(14-18-7-9-19(24)10-8-18)22(29)15-27(35(4,33)34)21-13-20(28(31)32)11-6-16(21)2/h6-11,13,17H,5,12,14-15H2,1-4H3,(H,25,30)/t17-/m1/s1. The van der Waals surface area contributed by atoms with Crippen LogP contribution in [0.5, 0.6) is 0 Å². The van der Waals surface area contributed by atoms with Gasteiger partial charge in [-0.25, -0.2) is 12.8 Å². The minimum atomic E-state index is -4.04. The number of aryl methyl sites for hydroxylation is 1. The summed E-state index contributed by atoms with van der Waals surface area (Å²) in [6, 6.07) is 8.12. The maximum absolute atomic E-state index is 13.4. The Balaban J connectivity index is 2.45. The van der Waals surface area contributed by atoms with Gasteiger partial charge in [-0.2, -0.15) is 0 Å². The van der Waals surface area contributed by atoms with Gasteiger partial charge in [-0.15, -0.1) is 0 Å². The molecule has 0 radical (unpaired) electrons. The van der Waals surface area contributed by atoms with Crippen molar-refractivity contribution in [2.45, 2.75) is 39.8 Å². The van der Waals surface area contributed by atoms with Crippen LogP contribution in [0.1, 0.15) is 31.4 Å². The number of hydrogen-bond acceptors (Lipinski definition) is 6. The molecule has 1 N–H and O–H groups in total. The third kappa shape index (κ3) is 7.47. The van der Waals surface area contributed by atoms with E-state index in [1.807, 2.05) is 6.92 Å². The number of non-ortho nitro benzene ring substituents is 1. The van der Waals surface area contributed by atoms with E-state index in [1.54, 1.807) is 6.92 Å². The number of nitrogens with zero attached hydrogens (tertiary/aromatic N) is 3. The Kier molecular flexibility index (Phi) is 9.29. The molecular weight excluding hydrogens is 479 g/mol. The molecule has 190 valence electrons. The summed E-state index contributed by atoms with van der Waals surface area (Å²) in [5, 5.41) is 13.9. The normalized spacial score (nSPS) is 12.0. The molecule has 1 atom stereocenters. The van der Waals surface area contributed by atoms with Crippen molar-refractivity contribution in [1.29, 1.82) is 0 Å². The summed E-state index contributed by atoms with van der Waals surface area (Å²) in [6.45, 7) is 4.58. The van der Waals surface area contributed by atoms with Gasteiger partial charge in [-0.1, -0.05) is 25.1 Å². The van der Waals surface area contributed by atoms with Crippen LogP contribution in [0.15, 0.2) is 42.5 Å². The fraction of sp³-hybridized carbons (Fsp3) is 0.391. The number of hydrogen-bond donors (Lipinski definition) is 1. The van der Waals surface area contributed by atoms with Gasteiger partial charge in [-0.3, -0.25) is 24.0 Å². The maximum Gasteiger partial charge on any atom is 0.271 e. The van der Waals surface area contributed by atoms with Gasteiger partial charge < -0.3 is 10.2 Å². The van der Waals surface area contributed by atoms with Gasteiger partial charge in [0.25, 0.3) is 5.69 Å². The lowest BCUT2D eigenvalue weighted by atomic mass is 10.1. The Hall–Kier alpha value is -3.54. The predicted octanol–water partition coefficient (Wildman–Crippen LogP) is 2.75. The molecule has 0 aliphatic carbocycles. The molecule has 0 bridgehead atoms. The summed E-state index contributed by atoms with van der Waals surface area (Å²) in [5.41, 5.74) is 0.599. The molecule has 0 aliphatic rings. The molecule has 35 heavy (non-hydrogen) atoms. The highest BCUT2D eigenvalue weighted by Crippen LogP contribution is 2.28. The fourth-order valence-electron chi connectivity index (χ4n) is 3.34. The third-order valence-electron chi connectivity index (χ3n) is 5.33. The van der Waals surface area contributed by atoms with Crippen molar-refractivity contribution >= 4 is 33.2 Å². The lowest BCUT2D eigenvalue weighted by Crippen LogP contribution is -2.51. The molecule has 0 unspecified atom stereocenters. The van der Waals surface area contributed by atoms with E-state index in [1.165, 1.54) is 48.2 Å². The van der Waals surface area contributed by atoms with Crippen molar-refractivity contribution in [3.8, 4) is 0 Å². The van der Waals surface area contributed by atoms with E-state index in [-0.39, 0.29) is 17.9 Å². The molecule has 0 saturated heterocycles. The largest absolute Gasteiger partial charge is 0.354 e. The second-order valence-electron chi connectivity index (χ2n) is 8.11. The highest BCUT2D eigenvalue weighted by molar-refractivity contribution is 7.92. The van der Waals surface area contributed by atoms with E-state index in [9.17, 15) is 32.5 Å². The number of nitrogens with one attached hydrogen (secondary N) is 1. The first-order chi connectivity index (χ1) is 16.3. The Morgan fingerprint density at radius 3 is 2.34 bits per heavy atom. The highest BCUT2D eigenvalue weighted by atomic mass is 32.2. The van der Waals surface area contributed by atoms with Gasteiger partial charge in [0.15, 0.2) is 0 Å². The number of nitro groups is 1. The lowest BCUT2D eigenvalue weighted by Gasteiger charge is -2.31. The SMILES string of the molecule is CCCNC(=O)[C@@H](C)N(Cc1ccc(F)cc1)C(=O)CN(c1cc([N+](=O)[O-])ccc1C)S(C)(=O)=O. The summed E-state index contributed by atoms with van der Waals surface area (Å²) in [5.74, 6) is -1.60. The smallest absolute Gasteiger partial charge is 0.271 e. The van der Waals surface area contributed by atoms with Crippen molar-refractivity contribution < 1.29 is 27.3 Å². The topological polar surface area (TPSA) is 130 Å². The van der Waals surface area contributed by atoms with Crippen LogP contribution in [0, 0.1) is 22.9 Å². The number of rotatable bonds is 11. The number of benzene rings is 2. The van der Waals surface area contributed by atoms with Crippen molar-refractivity contribution in [3.05, 3.63) is 69.5 Å². The van der Waals surface area contributed by atoms with Gasteiger partial charge in [0.2, 0.25) is 21.8 Å². The van der Waals surface area contributed by atoms with Gasteiger partial charge in [0.1, 0.15) is 18.4 Å². The van der Waals surface area contributed by atoms with Crippen molar-refractivity contribution in [2.24, 2.45) is 0 Å². The fourth-order valence-corrected chi connectivity index (χ4v) is 4.24. The van der Waals surface area contributed by atoms with Gasteiger partial charge in [0, 0.05) is 25.2 Å². The first-order valence-corrected chi connectivity index (χ1v) is 12.7. The van der Waals surface area contributed by atoms with Crippen LogP contribution in [0.25, 0.3) is 0 Å². The van der Waals surface area contributed by atoms with E-state index in [4.69, 9.17) is 0 Å². The molecule has 2 aromatic carbocycles. The quantitative estimate of drug-likeness (QED) is 0.367. The summed E-state index contributed by atoms with van der Waals surface area (Å²) in [4.78, 5) is 37.8. The van der Waals surface area contributed by atoms with E-state index < -0.39 is 45.2 Å². The molecule has 2 amide bonds. The number of amides is 2. The minimum absolute atomic E-state index is 0.0140. The third-order valence-corrected chi connectivity index (χ3v) is 6.46. The molecule has 0 spiro atoms. The van der Waals surface area contributed by atoms with Crippen LogP contribution in [0.2, 0.25) is 0 Å². The molecule has 2 aromatic rings. The van der Waals surface area contributed by atoms with E-state index in [2.05, 4.69) is 5.32 Å². The number of anilines is 1. The van der Waals surface area contributed by atoms with Crippen molar-refractivity contribution in [3.63, 3.8) is 0 Å². The summed E-state index contributed by atoms with van der Waals surface area (Å²) >= 11 is 0. The van der Waals surface area contributed by atoms with Crippen LogP contribution in [-0.4, -0.2) is 55.4 Å². The zero-order valence-corrected chi connectivity index (χ0v) is 20.8. The lowest BCUT2D eigenvalue weighted by molar-refractivity contribution is -0.384. The first-order valence-electron chi connectivity index (χ1n) is 10.9. The summed E-state index contributed by atoms with van der Waals surface area (Å²) < 4.78 is 39.4. The molecule has 0 aliphatic heterocycles. The molecule has 12 heteroatoms. The number of nitro benzene ring substituents is 1. The zero-order chi connectivity index (χ0) is 26.3. The summed E-state index contributed by atoms with van der Waals surface area (Å²) in [7, 11) is -4.04. The Bertz CT molecular complexity index is 1190. The molecule has 2 rings (SSSR count). The number of sulfonamides is 1. The van der Waals surface area contributed by atoms with E-state index >= 15 is 0 Å². The molecule has 0 heterocycles. The Labute approximate surface area is 203 Å². The Morgan fingerprint density at radius 2 is 1.80 bits per heavy atom. The van der Waals surface area contributed by atoms with Crippen LogP contribution in [-0.2, 0) is 26.2 Å². The van der Waals surface area contributed by atoms with Gasteiger partial charge in [0.05, 0.1) is 16.9 Å². The maximum atomic E-state index is 13.4. The van der Waals surface area contributed by atoms with E-state index in [0.717, 1.165) is 16.6 Å². The zero-order valence-electron chi connectivity index (χ0n) is 20.0. The monoisotopic (exact) mass is 508 g/mol. The van der Waals surface area contributed by atoms with Crippen molar-refractivity contribution in [1.82, 2.24) is 10.2 Å². The summed E-state index contributed by atoms with van der Waals surface area (Å²) in [6.07, 6.45) is 1.57. The average molecular weight is 509 g/mol. The van der Waals surface area contributed by atoms with Crippen LogP contribution >= 0.6 is 0 Å². The molecule has 0 fully saturated rings. The van der Waals surface area contributed by atoms with Crippen molar-refractivity contribution in [2.75, 3.05) is 23.7 Å². The molecule has 0 saturated carbocycles. The first kappa shape index (κ1) is 27.7. The van der Waals surface area contributed by atoms with E-state index in [0.29, 0.717) is 24.1 Å². The Morgan fingerprint density at radius 1 is 1.17 bits per heavy atom. The second-order valence-corrected chi connectivity index (χ2v) is 10.0. The van der Waals surface area contributed by atoms with Crippen LogP contribution < -0.4 is 9.62 Å². The van der Waals surface area contributed by atoms with Crippen LogP contribution in [0.4, 0.5) is 15.8 Å². The molecular formula is C23H29FN4O6S. The predicted molar refractivity (Wildman–Crippen MR) is 130 cm³/mol. The number of halogens is 1. The highest BCUT2D eigenvalue weighted by Gasteiger charge is 2.31.